The van der Waals surface area contributed by atoms with Gasteiger partial charge in [0, 0.05) is 33.1 Å². The van der Waals surface area contributed by atoms with Crippen molar-refractivity contribution in [2.24, 2.45) is 0 Å². The first-order valence-electron chi connectivity index (χ1n) is 20.2. The number of fused-ring (bicyclic) bond motifs is 8. The molecule has 0 saturated heterocycles. The monoisotopic (exact) mass is 752 g/mol. The molecule has 10 aromatic carbocycles. The Hall–Kier alpha value is -7.88. The summed E-state index contributed by atoms with van der Waals surface area (Å²) in [6, 6.07) is 78.8. The van der Waals surface area contributed by atoms with Crippen molar-refractivity contribution < 1.29 is 4.42 Å². The van der Waals surface area contributed by atoms with Crippen LogP contribution in [0.3, 0.4) is 0 Å². The molecular weight excluding hydrogens is 717 g/mol. The number of hydrogen-bond acceptors (Lipinski definition) is 2. The van der Waals surface area contributed by atoms with Crippen LogP contribution in [0.5, 0.6) is 0 Å². The fourth-order valence-electron chi connectivity index (χ4n) is 9.39. The van der Waals surface area contributed by atoms with E-state index in [1.165, 1.54) is 54.5 Å². The van der Waals surface area contributed by atoms with Crippen LogP contribution in [-0.2, 0) is 0 Å². The molecule has 0 N–H and O–H groups in total. The van der Waals surface area contributed by atoms with Crippen molar-refractivity contribution in [3.8, 4) is 27.9 Å². The number of aromatic nitrogens is 1. The predicted molar refractivity (Wildman–Crippen MR) is 249 cm³/mol. The molecule has 0 amide bonds. The highest BCUT2D eigenvalue weighted by Crippen LogP contribution is 2.46. The minimum absolute atomic E-state index is 0.859. The zero-order valence-corrected chi connectivity index (χ0v) is 32.1. The lowest BCUT2D eigenvalue weighted by atomic mass is 9.95. The van der Waals surface area contributed by atoms with E-state index in [1.807, 2.05) is 6.07 Å². The molecular formula is C56H36N2O. The van der Waals surface area contributed by atoms with E-state index < -0.39 is 0 Å². The molecule has 0 radical (unpaired) electrons. The SMILES string of the molecule is c1cc(-c2cccc3ccccc23)cc(N(c2cccc(-c3c(-n4c5ccccc5c5ccccc54)ccc4ccccc34)c2)c2cccc3oc4ccccc4c23)c1. The van der Waals surface area contributed by atoms with Crippen LogP contribution >= 0.6 is 0 Å². The molecule has 0 fully saturated rings. The Morgan fingerprint density at radius 2 is 0.915 bits per heavy atom. The molecule has 2 heterocycles. The van der Waals surface area contributed by atoms with Crippen molar-refractivity contribution in [3.05, 3.63) is 218 Å². The van der Waals surface area contributed by atoms with Gasteiger partial charge in [0.25, 0.3) is 0 Å². The van der Waals surface area contributed by atoms with Gasteiger partial charge in [-0.2, -0.15) is 0 Å². The molecule has 0 spiro atoms. The van der Waals surface area contributed by atoms with Gasteiger partial charge in [-0.3, -0.25) is 0 Å². The quantitative estimate of drug-likeness (QED) is 0.169. The molecule has 3 nitrogen and oxygen atoms in total. The van der Waals surface area contributed by atoms with Crippen molar-refractivity contribution in [2.45, 2.75) is 0 Å². The number of benzene rings is 10. The lowest BCUT2D eigenvalue weighted by Crippen LogP contribution is -2.10. The van der Waals surface area contributed by atoms with E-state index in [0.29, 0.717) is 0 Å². The second-order valence-electron chi connectivity index (χ2n) is 15.3. The molecule has 12 aromatic rings. The van der Waals surface area contributed by atoms with Crippen molar-refractivity contribution in [3.63, 3.8) is 0 Å². The average molecular weight is 753 g/mol. The molecule has 0 aliphatic carbocycles. The number of para-hydroxylation sites is 3. The van der Waals surface area contributed by atoms with Crippen molar-refractivity contribution in [1.82, 2.24) is 4.57 Å². The smallest absolute Gasteiger partial charge is 0.137 e. The van der Waals surface area contributed by atoms with Crippen LogP contribution in [0.2, 0.25) is 0 Å². The topological polar surface area (TPSA) is 21.3 Å². The molecule has 0 atom stereocenters. The van der Waals surface area contributed by atoms with Crippen LogP contribution in [0.1, 0.15) is 0 Å². The molecule has 0 saturated carbocycles. The third-order valence-electron chi connectivity index (χ3n) is 11.9. The number of rotatable bonds is 6. The Morgan fingerprint density at radius 3 is 1.68 bits per heavy atom. The third kappa shape index (κ3) is 5.29. The minimum atomic E-state index is 0.859. The standard InChI is InChI=1S/C56H36N2O/c1-3-22-43-37(15-1)17-13-27-44(43)39-18-11-20-41(35-39)57(51-30-14-32-54-56(51)48-26-7-10-31-53(48)59-54)42-21-12-19-40(36-42)55-45-23-4-2-16-38(45)33-34-52(55)58-49-28-8-5-24-46(49)47-25-6-9-29-50(47)58/h1-36H. The molecule has 0 aliphatic heterocycles. The molecule has 2 aromatic heterocycles. The number of nitrogens with zero attached hydrogens (tertiary/aromatic N) is 2. The van der Waals surface area contributed by atoms with Crippen LogP contribution in [0.25, 0.3) is 93.2 Å². The summed E-state index contributed by atoms with van der Waals surface area (Å²) in [5.74, 6) is 0. The van der Waals surface area contributed by atoms with Crippen LogP contribution in [0, 0.1) is 0 Å². The fourth-order valence-corrected chi connectivity index (χ4v) is 9.39. The zero-order valence-electron chi connectivity index (χ0n) is 32.1. The first-order valence-corrected chi connectivity index (χ1v) is 20.2. The zero-order chi connectivity index (χ0) is 38.9. The Labute approximate surface area is 341 Å². The van der Waals surface area contributed by atoms with Gasteiger partial charge in [0.15, 0.2) is 0 Å². The van der Waals surface area contributed by atoms with Crippen LogP contribution in [0.15, 0.2) is 223 Å². The Morgan fingerprint density at radius 1 is 0.373 bits per heavy atom. The number of anilines is 3. The molecule has 276 valence electrons. The summed E-state index contributed by atoms with van der Waals surface area (Å²) in [5, 5.41) is 9.53. The number of hydrogen-bond donors (Lipinski definition) is 0. The predicted octanol–water partition coefficient (Wildman–Crippen LogP) is 15.8. The van der Waals surface area contributed by atoms with Gasteiger partial charge < -0.3 is 13.9 Å². The molecule has 3 heteroatoms. The first-order chi connectivity index (χ1) is 29.3. The molecule has 0 aliphatic rings. The van der Waals surface area contributed by atoms with E-state index in [1.54, 1.807) is 0 Å². The van der Waals surface area contributed by atoms with Gasteiger partial charge in [0.05, 0.1) is 27.8 Å². The lowest BCUT2D eigenvalue weighted by Gasteiger charge is -2.27. The largest absolute Gasteiger partial charge is 0.456 e. The van der Waals surface area contributed by atoms with E-state index >= 15 is 0 Å². The number of furan rings is 1. The summed E-state index contributed by atoms with van der Waals surface area (Å²) in [7, 11) is 0. The highest BCUT2D eigenvalue weighted by atomic mass is 16.3. The van der Waals surface area contributed by atoms with Gasteiger partial charge >= 0.3 is 0 Å². The summed E-state index contributed by atoms with van der Waals surface area (Å²) >= 11 is 0. The Bertz CT molecular complexity index is 3530. The van der Waals surface area contributed by atoms with E-state index in [-0.39, 0.29) is 0 Å². The normalized spacial score (nSPS) is 11.7. The second kappa shape index (κ2) is 13.4. The Kier molecular flexibility index (Phi) is 7.54. The first kappa shape index (κ1) is 33.3. The maximum atomic E-state index is 6.50. The molecule has 0 unspecified atom stereocenters. The summed E-state index contributed by atoms with van der Waals surface area (Å²) in [5.41, 5.74) is 13.1. The van der Waals surface area contributed by atoms with Gasteiger partial charge in [-0.1, -0.05) is 158 Å². The van der Waals surface area contributed by atoms with Crippen LogP contribution in [0.4, 0.5) is 17.1 Å². The molecule has 12 rings (SSSR count). The van der Waals surface area contributed by atoms with Gasteiger partial charge in [-0.25, -0.2) is 0 Å². The second-order valence-corrected chi connectivity index (χ2v) is 15.3. The summed E-state index contributed by atoms with van der Waals surface area (Å²) in [6.45, 7) is 0. The van der Waals surface area contributed by atoms with E-state index in [2.05, 4.69) is 222 Å². The van der Waals surface area contributed by atoms with Gasteiger partial charge in [-0.05, 0) is 98.9 Å². The van der Waals surface area contributed by atoms with E-state index in [9.17, 15) is 0 Å². The van der Waals surface area contributed by atoms with Gasteiger partial charge in [0.2, 0.25) is 0 Å². The van der Waals surface area contributed by atoms with E-state index in [4.69, 9.17) is 4.42 Å². The minimum Gasteiger partial charge on any atom is -0.456 e. The fraction of sp³-hybridized carbons (Fsp3) is 0. The van der Waals surface area contributed by atoms with Crippen molar-refractivity contribution >= 4 is 82.4 Å². The highest BCUT2D eigenvalue weighted by Gasteiger charge is 2.22. The summed E-state index contributed by atoms with van der Waals surface area (Å²) in [4.78, 5) is 2.41. The highest BCUT2D eigenvalue weighted by molar-refractivity contribution is 6.14. The van der Waals surface area contributed by atoms with Crippen molar-refractivity contribution in [2.75, 3.05) is 4.90 Å². The van der Waals surface area contributed by atoms with Gasteiger partial charge in [0.1, 0.15) is 11.2 Å². The lowest BCUT2D eigenvalue weighted by molar-refractivity contribution is 0.669. The Balaban J connectivity index is 1.13. The molecule has 0 bridgehead atoms. The maximum absolute atomic E-state index is 6.50. The van der Waals surface area contributed by atoms with E-state index in [0.717, 1.165) is 55.8 Å². The molecule has 59 heavy (non-hydrogen) atoms. The van der Waals surface area contributed by atoms with Gasteiger partial charge in [-0.15, -0.1) is 0 Å². The average Bonchev–Trinajstić information content (AvgIpc) is 3.85. The maximum Gasteiger partial charge on any atom is 0.137 e. The summed E-state index contributed by atoms with van der Waals surface area (Å²) in [6.07, 6.45) is 0. The third-order valence-corrected chi connectivity index (χ3v) is 11.9. The van der Waals surface area contributed by atoms with Crippen LogP contribution in [-0.4, -0.2) is 4.57 Å². The summed E-state index contributed by atoms with van der Waals surface area (Å²) < 4.78 is 8.94. The van der Waals surface area contributed by atoms with Crippen LogP contribution < -0.4 is 4.90 Å². The van der Waals surface area contributed by atoms with Crippen molar-refractivity contribution in [1.29, 1.82) is 0 Å².